The van der Waals surface area contributed by atoms with Crippen molar-refractivity contribution in [3.05, 3.63) is 51.4 Å². The highest BCUT2D eigenvalue weighted by Crippen LogP contribution is 2.22. The Labute approximate surface area is 118 Å². The third kappa shape index (κ3) is 3.17. The number of benzene rings is 1. The fourth-order valence-corrected chi connectivity index (χ4v) is 2.56. The fourth-order valence-electron chi connectivity index (χ4n) is 2.33. The zero-order chi connectivity index (χ0) is 14.0. The molecule has 1 heterocycles. The maximum Gasteiger partial charge on any atom is 0.138 e. The monoisotopic (exact) mass is 278 g/mol. The van der Waals surface area contributed by atoms with Gasteiger partial charge in [0.15, 0.2) is 0 Å². The summed E-state index contributed by atoms with van der Waals surface area (Å²) in [4.78, 5) is 0. The number of nitrogens with zero attached hydrogens (tertiary/aromatic N) is 1. The van der Waals surface area contributed by atoms with Crippen LogP contribution in [0.2, 0.25) is 5.02 Å². The molecule has 3 nitrogen and oxygen atoms in total. The zero-order valence-electron chi connectivity index (χ0n) is 11.7. The summed E-state index contributed by atoms with van der Waals surface area (Å²) in [6, 6.07) is 6.18. The first-order chi connectivity index (χ1) is 8.99. The number of hydrogen-bond donors (Lipinski definition) is 1. The molecule has 102 valence electrons. The maximum atomic E-state index is 5.96. The predicted octanol–water partition coefficient (Wildman–Crippen LogP) is 4.10. The third-order valence-electron chi connectivity index (χ3n) is 3.42. The molecule has 2 aromatic rings. The Morgan fingerprint density at radius 1 is 1.32 bits per heavy atom. The second kappa shape index (κ2) is 5.76. The molecule has 0 fully saturated rings. The minimum atomic E-state index is 0.210. The highest BCUT2D eigenvalue weighted by atomic mass is 35.5. The van der Waals surface area contributed by atoms with Gasteiger partial charge in [-0.1, -0.05) is 22.8 Å². The lowest BCUT2D eigenvalue weighted by Gasteiger charge is -2.15. The van der Waals surface area contributed by atoms with Crippen LogP contribution in [0, 0.1) is 20.8 Å². The normalized spacial score (nSPS) is 12.7. The van der Waals surface area contributed by atoms with Crippen LogP contribution in [0.3, 0.4) is 0 Å². The molecule has 0 amide bonds. The van der Waals surface area contributed by atoms with E-state index >= 15 is 0 Å². The van der Waals surface area contributed by atoms with Crippen molar-refractivity contribution >= 4 is 11.6 Å². The van der Waals surface area contributed by atoms with E-state index in [1.54, 1.807) is 0 Å². The van der Waals surface area contributed by atoms with Crippen molar-refractivity contribution in [3.8, 4) is 0 Å². The van der Waals surface area contributed by atoms with Crippen molar-refractivity contribution in [1.82, 2.24) is 10.5 Å². The van der Waals surface area contributed by atoms with Gasteiger partial charge in [0.1, 0.15) is 5.76 Å². The molecule has 0 saturated carbocycles. The van der Waals surface area contributed by atoms with Gasteiger partial charge in [-0.2, -0.15) is 0 Å². The molecule has 0 aliphatic heterocycles. The zero-order valence-corrected chi connectivity index (χ0v) is 12.5. The summed E-state index contributed by atoms with van der Waals surface area (Å²) >= 11 is 5.96. The lowest BCUT2D eigenvalue weighted by Crippen LogP contribution is -2.19. The molecule has 1 atom stereocenters. The van der Waals surface area contributed by atoms with Gasteiger partial charge in [0.2, 0.25) is 0 Å². The van der Waals surface area contributed by atoms with Crippen molar-refractivity contribution in [2.45, 2.75) is 40.3 Å². The van der Waals surface area contributed by atoms with Gasteiger partial charge in [-0.15, -0.1) is 0 Å². The summed E-state index contributed by atoms with van der Waals surface area (Å²) in [7, 11) is 0. The number of halogens is 1. The van der Waals surface area contributed by atoms with E-state index in [0.29, 0.717) is 0 Å². The quantitative estimate of drug-likeness (QED) is 0.915. The van der Waals surface area contributed by atoms with Crippen LogP contribution in [0.25, 0.3) is 0 Å². The summed E-state index contributed by atoms with van der Waals surface area (Å²) in [5.41, 5.74) is 4.55. The second-order valence-corrected chi connectivity index (χ2v) is 5.35. The first-order valence-corrected chi connectivity index (χ1v) is 6.78. The van der Waals surface area contributed by atoms with E-state index in [4.69, 9.17) is 16.1 Å². The Kier molecular flexibility index (Phi) is 4.27. The Morgan fingerprint density at radius 3 is 2.63 bits per heavy atom. The van der Waals surface area contributed by atoms with E-state index in [1.165, 1.54) is 11.1 Å². The maximum absolute atomic E-state index is 5.96. The molecule has 1 unspecified atom stereocenters. The predicted molar refractivity (Wildman–Crippen MR) is 77.4 cm³/mol. The Bertz CT molecular complexity index is 558. The molecule has 0 saturated heterocycles. The first kappa shape index (κ1) is 14.1. The van der Waals surface area contributed by atoms with Crippen LogP contribution in [0.1, 0.15) is 41.1 Å². The number of aryl methyl sites for hydroxylation is 3. The Morgan fingerprint density at radius 2 is 2.05 bits per heavy atom. The van der Waals surface area contributed by atoms with Gasteiger partial charge in [0.25, 0.3) is 0 Å². The number of aromatic nitrogens is 1. The van der Waals surface area contributed by atoms with Crippen molar-refractivity contribution in [1.29, 1.82) is 0 Å². The molecular formula is C15H19ClN2O. The third-order valence-corrected chi connectivity index (χ3v) is 3.66. The topological polar surface area (TPSA) is 38.1 Å². The van der Waals surface area contributed by atoms with Gasteiger partial charge in [-0.25, -0.2) is 0 Å². The Balaban J connectivity index is 2.06. The summed E-state index contributed by atoms with van der Waals surface area (Å²) in [6.07, 6.45) is 0. The van der Waals surface area contributed by atoms with E-state index in [-0.39, 0.29) is 6.04 Å². The van der Waals surface area contributed by atoms with Crippen LogP contribution in [-0.2, 0) is 6.54 Å². The largest absolute Gasteiger partial charge is 0.361 e. The van der Waals surface area contributed by atoms with Gasteiger partial charge in [-0.05, 0) is 51.0 Å². The highest BCUT2D eigenvalue weighted by molar-refractivity contribution is 6.30. The summed E-state index contributed by atoms with van der Waals surface area (Å²) in [5, 5.41) is 8.27. The van der Waals surface area contributed by atoms with Crippen molar-refractivity contribution in [2.24, 2.45) is 0 Å². The second-order valence-electron chi connectivity index (χ2n) is 4.91. The smallest absolute Gasteiger partial charge is 0.138 e. The van der Waals surface area contributed by atoms with E-state index in [9.17, 15) is 0 Å². The molecule has 1 aromatic carbocycles. The van der Waals surface area contributed by atoms with Gasteiger partial charge in [-0.3, -0.25) is 0 Å². The summed E-state index contributed by atoms with van der Waals surface area (Å²) in [5.74, 6) is 0.880. The SMILES string of the molecule is Cc1cc(Cl)ccc1CNC(C)c1c(C)noc1C. The number of rotatable bonds is 4. The minimum absolute atomic E-state index is 0.210. The van der Waals surface area contributed by atoms with Crippen LogP contribution in [0.4, 0.5) is 0 Å². The Hall–Kier alpha value is -1.32. The molecule has 19 heavy (non-hydrogen) atoms. The van der Waals surface area contributed by atoms with E-state index in [1.807, 2.05) is 26.0 Å². The standard InChI is InChI=1S/C15H19ClN2O/c1-9-7-14(16)6-5-13(9)8-17-10(2)15-11(3)18-19-12(15)4/h5-7,10,17H,8H2,1-4H3. The molecule has 1 aromatic heterocycles. The lowest BCUT2D eigenvalue weighted by atomic mass is 10.1. The lowest BCUT2D eigenvalue weighted by molar-refractivity contribution is 0.390. The average molecular weight is 279 g/mol. The van der Waals surface area contributed by atoms with E-state index in [0.717, 1.165) is 28.6 Å². The van der Waals surface area contributed by atoms with Gasteiger partial charge >= 0.3 is 0 Å². The van der Waals surface area contributed by atoms with Crippen LogP contribution >= 0.6 is 11.6 Å². The number of hydrogen-bond acceptors (Lipinski definition) is 3. The van der Waals surface area contributed by atoms with Gasteiger partial charge in [0, 0.05) is 23.2 Å². The minimum Gasteiger partial charge on any atom is -0.361 e. The average Bonchev–Trinajstić information content (AvgIpc) is 2.68. The molecule has 0 spiro atoms. The summed E-state index contributed by atoms with van der Waals surface area (Å²) < 4.78 is 5.20. The highest BCUT2D eigenvalue weighted by Gasteiger charge is 2.15. The fraction of sp³-hybridized carbons (Fsp3) is 0.400. The van der Waals surface area contributed by atoms with Crippen LogP contribution in [-0.4, -0.2) is 5.16 Å². The number of nitrogens with one attached hydrogen (secondary N) is 1. The van der Waals surface area contributed by atoms with Crippen molar-refractivity contribution in [2.75, 3.05) is 0 Å². The molecular weight excluding hydrogens is 260 g/mol. The molecule has 0 aliphatic rings. The molecule has 1 N–H and O–H groups in total. The van der Waals surface area contributed by atoms with Crippen LogP contribution < -0.4 is 5.32 Å². The van der Waals surface area contributed by atoms with Crippen LogP contribution in [0.5, 0.6) is 0 Å². The van der Waals surface area contributed by atoms with E-state index in [2.05, 4.69) is 30.4 Å². The first-order valence-electron chi connectivity index (χ1n) is 6.40. The van der Waals surface area contributed by atoms with Gasteiger partial charge < -0.3 is 9.84 Å². The van der Waals surface area contributed by atoms with Crippen molar-refractivity contribution in [3.63, 3.8) is 0 Å². The van der Waals surface area contributed by atoms with Gasteiger partial charge in [0.05, 0.1) is 5.69 Å². The molecule has 2 rings (SSSR count). The van der Waals surface area contributed by atoms with Crippen molar-refractivity contribution < 1.29 is 4.52 Å². The molecule has 4 heteroatoms. The summed E-state index contributed by atoms with van der Waals surface area (Å²) in [6.45, 7) is 8.91. The molecule has 0 aliphatic carbocycles. The molecule has 0 bridgehead atoms. The van der Waals surface area contributed by atoms with Crippen LogP contribution in [0.15, 0.2) is 22.7 Å². The molecule has 0 radical (unpaired) electrons. The van der Waals surface area contributed by atoms with E-state index < -0.39 is 0 Å².